The van der Waals surface area contributed by atoms with Crippen LogP contribution in [0, 0.1) is 13.8 Å². The standard InChI is InChI=1S/C27H39N3O/c1-6-7-10-23(22(15-28)17-30-16-21(4)31)24-11-8-9-12-25(24)27-20(3)14-13-19(2)26(27)18-29-5/h10,13-15,17-18,21,31H,6-9,11-12,16,28H2,1-5H3/b22-15+,23-10+,29-18?,30-17?. The summed E-state index contributed by atoms with van der Waals surface area (Å²) in [5.74, 6) is 0. The van der Waals surface area contributed by atoms with Crippen LogP contribution >= 0.6 is 0 Å². The first kappa shape index (κ1) is 24.8. The topological polar surface area (TPSA) is 71.0 Å². The molecule has 168 valence electrons. The number of aliphatic imine (C=N–C) groups is 2. The SMILES string of the molecule is CCC/C=C(C1=C(c2c(C)ccc(C)c2C=NC)CCCC1)\C(C=NCC(C)O)=C\N. The van der Waals surface area contributed by atoms with E-state index in [0.717, 1.165) is 31.3 Å². The lowest BCUT2D eigenvalue weighted by atomic mass is 9.78. The van der Waals surface area contributed by atoms with Gasteiger partial charge in [0.2, 0.25) is 0 Å². The van der Waals surface area contributed by atoms with E-state index in [1.54, 1.807) is 13.1 Å². The van der Waals surface area contributed by atoms with Gasteiger partial charge in [-0.3, -0.25) is 9.98 Å². The predicted octanol–water partition coefficient (Wildman–Crippen LogP) is 5.70. The molecular formula is C27H39N3O. The maximum absolute atomic E-state index is 9.59. The monoisotopic (exact) mass is 421 g/mol. The maximum atomic E-state index is 9.59. The van der Waals surface area contributed by atoms with Gasteiger partial charge in [0.1, 0.15) is 0 Å². The molecule has 3 N–H and O–H groups in total. The van der Waals surface area contributed by atoms with Crippen molar-refractivity contribution in [1.82, 2.24) is 0 Å². The molecule has 0 bridgehead atoms. The Balaban J connectivity index is 2.71. The fourth-order valence-corrected chi connectivity index (χ4v) is 4.22. The van der Waals surface area contributed by atoms with Gasteiger partial charge >= 0.3 is 0 Å². The number of nitrogens with two attached hydrogens (primary N) is 1. The summed E-state index contributed by atoms with van der Waals surface area (Å²) in [6, 6.07) is 4.40. The number of benzene rings is 1. The van der Waals surface area contributed by atoms with Gasteiger partial charge < -0.3 is 10.8 Å². The van der Waals surface area contributed by atoms with Crippen molar-refractivity contribution in [3.05, 3.63) is 63.4 Å². The van der Waals surface area contributed by atoms with E-state index in [-0.39, 0.29) is 0 Å². The van der Waals surface area contributed by atoms with Crippen molar-refractivity contribution in [1.29, 1.82) is 0 Å². The Hall–Kier alpha value is -2.46. The number of hydrogen-bond acceptors (Lipinski definition) is 4. The van der Waals surface area contributed by atoms with Gasteiger partial charge in [-0.1, -0.05) is 31.6 Å². The van der Waals surface area contributed by atoms with Crippen LogP contribution in [0.15, 0.2) is 51.1 Å². The van der Waals surface area contributed by atoms with Crippen LogP contribution < -0.4 is 5.73 Å². The Bertz CT molecular complexity index is 901. The predicted molar refractivity (Wildman–Crippen MR) is 135 cm³/mol. The molecule has 0 aromatic heterocycles. The number of unbranched alkanes of at least 4 members (excludes halogenated alkanes) is 1. The molecule has 1 aliphatic carbocycles. The highest BCUT2D eigenvalue weighted by Gasteiger charge is 2.22. The number of allylic oxidation sites excluding steroid dienone is 5. The molecule has 0 fully saturated rings. The van der Waals surface area contributed by atoms with Crippen molar-refractivity contribution in [3.63, 3.8) is 0 Å². The number of aliphatic hydroxyl groups excluding tert-OH is 1. The highest BCUT2D eigenvalue weighted by atomic mass is 16.3. The number of aliphatic hydroxyl groups is 1. The molecule has 1 aromatic carbocycles. The van der Waals surface area contributed by atoms with Gasteiger partial charge in [0.25, 0.3) is 0 Å². The Morgan fingerprint density at radius 1 is 1.19 bits per heavy atom. The Morgan fingerprint density at radius 3 is 2.55 bits per heavy atom. The van der Waals surface area contributed by atoms with Gasteiger partial charge in [0.05, 0.1) is 12.6 Å². The van der Waals surface area contributed by atoms with Gasteiger partial charge in [-0.25, -0.2) is 0 Å². The summed E-state index contributed by atoms with van der Waals surface area (Å²) in [6.45, 7) is 8.66. The summed E-state index contributed by atoms with van der Waals surface area (Å²) in [5.41, 5.74) is 16.1. The molecule has 2 rings (SSSR count). The largest absolute Gasteiger partial charge is 0.404 e. The van der Waals surface area contributed by atoms with E-state index in [4.69, 9.17) is 5.73 Å². The summed E-state index contributed by atoms with van der Waals surface area (Å²) < 4.78 is 0. The zero-order chi connectivity index (χ0) is 22.8. The van der Waals surface area contributed by atoms with Crippen LogP contribution in [-0.4, -0.2) is 37.2 Å². The summed E-state index contributed by atoms with van der Waals surface area (Å²) in [6.07, 6.45) is 13.8. The molecule has 0 amide bonds. The summed E-state index contributed by atoms with van der Waals surface area (Å²) in [5, 5.41) is 9.59. The van der Waals surface area contributed by atoms with Crippen molar-refractivity contribution in [2.24, 2.45) is 15.7 Å². The minimum Gasteiger partial charge on any atom is -0.404 e. The first-order chi connectivity index (χ1) is 14.9. The Labute approximate surface area is 188 Å². The van der Waals surface area contributed by atoms with E-state index in [1.807, 2.05) is 19.5 Å². The minimum absolute atomic E-state index is 0.373. The van der Waals surface area contributed by atoms with Crippen molar-refractivity contribution >= 4 is 18.0 Å². The molecule has 0 spiro atoms. The van der Waals surface area contributed by atoms with Gasteiger partial charge in [-0.15, -0.1) is 0 Å². The Kier molecular flexibility index (Phi) is 9.93. The molecule has 0 aliphatic heterocycles. The summed E-state index contributed by atoms with van der Waals surface area (Å²) in [4.78, 5) is 8.79. The quantitative estimate of drug-likeness (QED) is 0.396. The second kappa shape index (κ2) is 12.4. The smallest absolute Gasteiger partial charge is 0.0707 e. The first-order valence-corrected chi connectivity index (χ1v) is 11.5. The molecule has 1 atom stereocenters. The number of aryl methyl sites for hydroxylation is 2. The highest BCUT2D eigenvalue weighted by molar-refractivity contribution is 5.95. The van der Waals surface area contributed by atoms with Crippen LogP contribution in [0.25, 0.3) is 5.57 Å². The van der Waals surface area contributed by atoms with Crippen LogP contribution in [0.4, 0.5) is 0 Å². The van der Waals surface area contributed by atoms with Crippen LogP contribution in [0.1, 0.15) is 74.6 Å². The lowest BCUT2D eigenvalue weighted by Crippen LogP contribution is -2.10. The molecular weight excluding hydrogens is 382 g/mol. The zero-order valence-electron chi connectivity index (χ0n) is 19.9. The van der Waals surface area contributed by atoms with Gasteiger partial charge in [-0.05, 0) is 86.3 Å². The molecule has 1 aliphatic rings. The normalized spacial score (nSPS) is 17.2. The van der Waals surface area contributed by atoms with E-state index in [9.17, 15) is 5.11 Å². The van der Waals surface area contributed by atoms with Gasteiger partial charge in [-0.2, -0.15) is 0 Å². The van der Waals surface area contributed by atoms with Crippen molar-refractivity contribution < 1.29 is 5.11 Å². The molecule has 0 heterocycles. The molecule has 1 unspecified atom stereocenters. The van der Waals surface area contributed by atoms with E-state index in [1.165, 1.54) is 51.8 Å². The van der Waals surface area contributed by atoms with Gasteiger partial charge in [0.15, 0.2) is 0 Å². The molecule has 4 nitrogen and oxygen atoms in total. The fraction of sp³-hybridized carbons (Fsp3) is 0.481. The highest BCUT2D eigenvalue weighted by Crippen LogP contribution is 2.41. The van der Waals surface area contributed by atoms with E-state index in [2.05, 4.69) is 49.0 Å². The number of hydrogen-bond donors (Lipinski definition) is 2. The molecule has 31 heavy (non-hydrogen) atoms. The molecule has 0 radical (unpaired) electrons. The zero-order valence-corrected chi connectivity index (χ0v) is 19.9. The minimum atomic E-state index is -0.464. The van der Waals surface area contributed by atoms with Crippen LogP contribution in [0.5, 0.6) is 0 Å². The number of nitrogens with zero attached hydrogens (tertiary/aromatic N) is 2. The second-order valence-corrected chi connectivity index (χ2v) is 8.41. The third-order valence-corrected chi connectivity index (χ3v) is 5.75. The lowest BCUT2D eigenvalue weighted by molar-refractivity contribution is 0.204. The third kappa shape index (κ3) is 6.51. The molecule has 1 aromatic rings. The molecule has 0 saturated carbocycles. The first-order valence-electron chi connectivity index (χ1n) is 11.5. The van der Waals surface area contributed by atoms with E-state index >= 15 is 0 Å². The second-order valence-electron chi connectivity index (χ2n) is 8.41. The van der Waals surface area contributed by atoms with Crippen LogP contribution in [0.2, 0.25) is 0 Å². The van der Waals surface area contributed by atoms with Crippen LogP contribution in [-0.2, 0) is 0 Å². The van der Waals surface area contributed by atoms with E-state index < -0.39 is 6.10 Å². The average Bonchev–Trinajstić information content (AvgIpc) is 2.75. The van der Waals surface area contributed by atoms with Crippen molar-refractivity contribution in [2.45, 2.75) is 72.3 Å². The summed E-state index contributed by atoms with van der Waals surface area (Å²) >= 11 is 0. The summed E-state index contributed by atoms with van der Waals surface area (Å²) in [7, 11) is 1.84. The fourth-order valence-electron chi connectivity index (χ4n) is 4.22. The number of rotatable bonds is 9. The lowest BCUT2D eigenvalue weighted by Gasteiger charge is -2.26. The van der Waals surface area contributed by atoms with Crippen molar-refractivity contribution in [3.8, 4) is 0 Å². The molecule has 0 saturated heterocycles. The van der Waals surface area contributed by atoms with Gasteiger partial charge in [0, 0.05) is 36.8 Å². The van der Waals surface area contributed by atoms with Crippen LogP contribution in [0.3, 0.4) is 0 Å². The average molecular weight is 422 g/mol. The maximum Gasteiger partial charge on any atom is 0.0707 e. The third-order valence-electron chi connectivity index (χ3n) is 5.75. The van der Waals surface area contributed by atoms with E-state index in [0.29, 0.717) is 6.54 Å². The molecule has 4 heteroatoms. The Morgan fingerprint density at radius 2 is 1.90 bits per heavy atom. The van der Waals surface area contributed by atoms with Crippen molar-refractivity contribution in [2.75, 3.05) is 13.6 Å².